The van der Waals surface area contributed by atoms with Crippen LogP contribution < -0.4 is 4.74 Å². The topological polar surface area (TPSA) is 35.3 Å². The summed E-state index contributed by atoms with van der Waals surface area (Å²) in [6, 6.07) is 5.80. The molecule has 2 aromatic rings. The molecule has 2 rings (SSSR count). The van der Waals surface area contributed by atoms with Crippen molar-refractivity contribution in [2.75, 3.05) is 7.11 Å². The Morgan fingerprint density at radius 1 is 1.36 bits per heavy atom. The molecule has 1 heterocycles. The molecule has 1 aromatic heterocycles. The van der Waals surface area contributed by atoms with E-state index >= 15 is 0 Å². The zero-order chi connectivity index (χ0) is 9.97. The Bertz CT molecular complexity index is 421. The maximum atomic E-state index is 5.23. The van der Waals surface area contributed by atoms with Gasteiger partial charge < -0.3 is 9.15 Å². The molecule has 0 aliphatic rings. The summed E-state index contributed by atoms with van der Waals surface area (Å²) in [5.41, 5.74) is 2.01. The van der Waals surface area contributed by atoms with Gasteiger partial charge in [0.1, 0.15) is 12.0 Å². The first-order chi connectivity index (χ1) is 6.83. The molecule has 0 saturated carbocycles. The summed E-state index contributed by atoms with van der Waals surface area (Å²) in [5.74, 6) is 1.47. The fourth-order valence-electron chi connectivity index (χ4n) is 1.42. The lowest BCUT2D eigenvalue weighted by atomic mass is 10.1. The number of aromatic nitrogens is 1. The van der Waals surface area contributed by atoms with Crippen molar-refractivity contribution in [3.05, 3.63) is 36.2 Å². The van der Waals surface area contributed by atoms with Crippen molar-refractivity contribution in [1.82, 2.24) is 4.98 Å². The molecular formula is C11H11NO2. The van der Waals surface area contributed by atoms with Crippen molar-refractivity contribution in [3.63, 3.8) is 0 Å². The average molecular weight is 189 g/mol. The summed E-state index contributed by atoms with van der Waals surface area (Å²) in [4.78, 5) is 4.10. The normalized spacial score (nSPS) is 10.1. The summed E-state index contributed by atoms with van der Waals surface area (Å²) in [6.07, 6.45) is 3.20. The first kappa shape index (κ1) is 8.81. The molecular weight excluding hydrogens is 178 g/mol. The van der Waals surface area contributed by atoms with E-state index in [9.17, 15) is 0 Å². The van der Waals surface area contributed by atoms with E-state index in [0.717, 1.165) is 16.9 Å². The summed E-state index contributed by atoms with van der Waals surface area (Å²) in [6.45, 7) is 1.98. The second-order valence-electron chi connectivity index (χ2n) is 2.97. The van der Waals surface area contributed by atoms with Crippen molar-refractivity contribution >= 4 is 0 Å². The van der Waals surface area contributed by atoms with Gasteiger partial charge >= 0.3 is 0 Å². The Morgan fingerprint density at radius 2 is 2.21 bits per heavy atom. The molecule has 14 heavy (non-hydrogen) atoms. The minimum absolute atomic E-state index is 0.626. The van der Waals surface area contributed by atoms with Gasteiger partial charge in [-0.2, -0.15) is 0 Å². The fraction of sp³-hybridized carbons (Fsp3) is 0.182. The Labute approximate surface area is 82.3 Å². The van der Waals surface area contributed by atoms with Crippen LogP contribution in [0.3, 0.4) is 0 Å². The maximum Gasteiger partial charge on any atom is 0.226 e. The Kier molecular flexibility index (Phi) is 2.23. The summed E-state index contributed by atoms with van der Waals surface area (Å²) in [5, 5.41) is 0. The third-order valence-corrected chi connectivity index (χ3v) is 2.17. The standard InChI is InChI=1S/C11H11NO2/c1-8-9(11-12-6-7-14-11)4-3-5-10(8)13-2/h3-7H,1-2H3. The maximum absolute atomic E-state index is 5.23. The van der Waals surface area contributed by atoms with Crippen LogP contribution in [0, 0.1) is 6.92 Å². The van der Waals surface area contributed by atoms with Gasteiger partial charge in [-0.1, -0.05) is 6.07 Å². The quantitative estimate of drug-likeness (QED) is 0.728. The summed E-state index contributed by atoms with van der Waals surface area (Å²) >= 11 is 0. The van der Waals surface area contributed by atoms with E-state index in [1.165, 1.54) is 0 Å². The third-order valence-electron chi connectivity index (χ3n) is 2.17. The number of hydrogen-bond donors (Lipinski definition) is 0. The third kappa shape index (κ3) is 1.37. The first-order valence-corrected chi connectivity index (χ1v) is 4.36. The SMILES string of the molecule is COc1cccc(-c2ncco2)c1C. The summed E-state index contributed by atoms with van der Waals surface area (Å²) < 4.78 is 10.4. The number of hydrogen-bond acceptors (Lipinski definition) is 3. The predicted octanol–water partition coefficient (Wildman–Crippen LogP) is 2.66. The van der Waals surface area contributed by atoms with Gasteiger partial charge in [0.05, 0.1) is 13.3 Å². The molecule has 72 valence electrons. The first-order valence-electron chi connectivity index (χ1n) is 4.36. The molecule has 0 fully saturated rings. The molecule has 0 atom stereocenters. The number of ether oxygens (including phenoxy) is 1. The van der Waals surface area contributed by atoms with Gasteiger partial charge in [0.25, 0.3) is 0 Å². The highest BCUT2D eigenvalue weighted by molar-refractivity contribution is 5.62. The molecule has 0 amide bonds. The Balaban J connectivity index is 2.54. The van der Waals surface area contributed by atoms with E-state index < -0.39 is 0 Å². The van der Waals surface area contributed by atoms with E-state index in [0.29, 0.717) is 5.89 Å². The van der Waals surface area contributed by atoms with Gasteiger partial charge in [-0.3, -0.25) is 0 Å². The molecule has 3 heteroatoms. The van der Waals surface area contributed by atoms with Crippen LogP contribution in [0.4, 0.5) is 0 Å². The highest BCUT2D eigenvalue weighted by Crippen LogP contribution is 2.28. The van der Waals surface area contributed by atoms with Crippen LogP contribution in [0.15, 0.2) is 35.1 Å². The molecule has 0 N–H and O–H groups in total. The van der Waals surface area contributed by atoms with Gasteiger partial charge in [-0.05, 0) is 19.1 Å². The lowest BCUT2D eigenvalue weighted by Crippen LogP contribution is -1.89. The van der Waals surface area contributed by atoms with Gasteiger partial charge in [0, 0.05) is 11.1 Å². The Hall–Kier alpha value is -1.77. The number of methoxy groups -OCH3 is 1. The average Bonchev–Trinajstić information content (AvgIpc) is 2.71. The van der Waals surface area contributed by atoms with Crippen LogP contribution in [-0.4, -0.2) is 12.1 Å². The second-order valence-corrected chi connectivity index (χ2v) is 2.97. The van der Waals surface area contributed by atoms with Gasteiger partial charge in [-0.25, -0.2) is 4.98 Å². The van der Waals surface area contributed by atoms with Crippen LogP contribution in [-0.2, 0) is 0 Å². The Morgan fingerprint density at radius 3 is 2.86 bits per heavy atom. The van der Waals surface area contributed by atoms with E-state index in [2.05, 4.69) is 4.98 Å². The van der Waals surface area contributed by atoms with Crippen molar-refractivity contribution in [3.8, 4) is 17.2 Å². The predicted molar refractivity (Wildman–Crippen MR) is 53.2 cm³/mol. The lowest BCUT2D eigenvalue weighted by molar-refractivity contribution is 0.411. The van der Waals surface area contributed by atoms with Crippen molar-refractivity contribution in [2.24, 2.45) is 0 Å². The number of benzene rings is 1. The molecule has 0 aliphatic carbocycles. The van der Waals surface area contributed by atoms with Gasteiger partial charge in [-0.15, -0.1) is 0 Å². The van der Waals surface area contributed by atoms with Crippen LogP contribution in [0.2, 0.25) is 0 Å². The molecule has 0 aliphatic heterocycles. The second kappa shape index (κ2) is 3.54. The zero-order valence-electron chi connectivity index (χ0n) is 8.15. The smallest absolute Gasteiger partial charge is 0.226 e. The highest BCUT2D eigenvalue weighted by Gasteiger charge is 2.08. The molecule has 3 nitrogen and oxygen atoms in total. The number of oxazole rings is 1. The molecule has 0 unspecified atom stereocenters. The summed E-state index contributed by atoms with van der Waals surface area (Å²) in [7, 11) is 1.65. The fourth-order valence-corrected chi connectivity index (χ4v) is 1.42. The molecule has 0 saturated heterocycles. The van der Waals surface area contributed by atoms with Crippen molar-refractivity contribution < 1.29 is 9.15 Å². The zero-order valence-corrected chi connectivity index (χ0v) is 8.15. The van der Waals surface area contributed by atoms with Crippen LogP contribution in [0.1, 0.15) is 5.56 Å². The lowest BCUT2D eigenvalue weighted by Gasteiger charge is -2.06. The van der Waals surface area contributed by atoms with Crippen LogP contribution in [0.5, 0.6) is 5.75 Å². The van der Waals surface area contributed by atoms with Crippen molar-refractivity contribution in [1.29, 1.82) is 0 Å². The van der Waals surface area contributed by atoms with E-state index in [1.807, 2.05) is 25.1 Å². The van der Waals surface area contributed by atoms with E-state index in [1.54, 1.807) is 19.6 Å². The number of rotatable bonds is 2. The van der Waals surface area contributed by atoms with Gasteiger partial charge in [0.15, 0.2) is 0 Å². The van der Waals surface area contributed by atoms with E-state index in [4.69, 9.17) is 9.15 Å². The van der Waals surface area contributed by atoms with Gasteiger partial charge in [0.2, 0.25) is 5.89 Å². The molecule has 0 radical (unpaired) electrons. The van der Waals surface area contributed by atoms with E-state index in [-0.39, 0.29) is 0 Å². The molecule has 0 bridgehead atoms. The number of nitrogens with zero attached hydrogens (tertiary/aromatic N) is 1. The van der Waals surface area contributed by atoms with Crippen LogP contribution in [0.25, 0.3) is 11.5 Å². The van der Waals surface area contributed by atoms with Crippen molar-refractivity contribution in [2.45, 2.75) is 6.92 Å². The minimum Gasteiger partial charge on any atom is -0.496 e. The minimum atomic E-state index is 0.626. The monoisotopic (exact) mass is 189 g/mol. The molecule has 1 aromatic carbocycles. The highest BCUT2D eigenvalue weighted by atomic mass is 16.5. The molecule has 0 spiro atoms. The largest absolute Gasteiger partial charge is 0.496 e. The van der Waals surface area contributed by atoms with Crippen LogP contribution >= 0.6 is 0 Å².